The third-order valence-electron chi connectivity index (χ3n) is 7.55. The van der Waals surface area contributed by atoms with Crippen molar-refractivity contribution in [1.82, 2.24) is 14.5 Å². The molecule has 1 saturated heterocycles. The molecular formula is C32H40F2N4O7. The third-order valence-corrected chi connectivity index (χ3v) is 7.55. The average Bonchev–Trinajstić information content (AvgIpc) is 3.37. The fourth-order valence-electron chi connectivity index (χ4n) is 5.45. The predicted molar refractivity (Wildman–Crippen MR) is 160 cm³/mol. The molecule has 0 spiro atoms. The van der Waals surface area contributed by atoms with Gasteiger partial charge in [0.25, 0.3) is 0 Å². The molecule has 5 atom stereocenters. The van der Waals surface area contributed by atoms with Gasteiger partial charge in [-0.05, 0) is 42.1 Å². The first-order valence-electron chi connectivity index (χ1n) is 14.7. The van der Waals surface area contributed by atoms with Crippen LogP contribution in [0, 0.1) is 17.0 Å². The number of carbonyl (C=O) groups is 2. The highest BCUT2D eigenvalue weighted by atomic mass is 19.1. The van der Waals surface area contributed by atoms with Crippen LogP contribution >= 0.6 is 0 Å². The van der Waals surface area contributed by atoms with Gasteiger partial charge in [-0.2, -0.15) is 0 Å². The van der Waals surface area contributed by atoms with Crippen molar-refractivity contribution in [2.24, 2.45) is 11.1 Å². The van der Waals surface area contributed by atoms with Gasteiger partial charge in [-0.25, -0.2) is 18.6 Å². The molecule has 0 bridgehead atoms. The number of carboxylic acids is 1. The molecule has 1 aromatic heterocycles. The number of aromatic nitrogens is 2. The van der Waals surface area contributed by atoms with Crippen molar-refractivity contribution in [3.8, 4) is 11.3 Å². The van der Waals surface area contributed by atoms with E-state index in [-0.39, 0.29) is 30.8 Å². The van der Waals surface area contributed by atoms with Crippen LogP contribution in [0.1, 0.15) is 51.0 Å². The number of carbonyl (C=O) groups excluding carboxylic acids is 1. The highest BCUT2D eigenvalue weighted by molar-refractivity contribution is 5.78. The number of halogens is 2. The number of carboxylic acid groups (broad SMARTS) is 1. The standard InChI is InChI=1S/C32H40F2N4O7/c1-32(2,3)28(38(13-7-12-35)26(41)18-44-31-25(40)15-24(39)27(45-31)30(42)43)29-36-23(21-14-20(33)10-11-22(21)34)17-37(29)16-19-8-5-4-6-9-19/h4-6,8-11,14,17,24-25,27-28,31,39-40H,7,12-13,15-16,18,35H2,1-3H3,(H,42,43). The molecule has 0 radical (unpaired) electrons. The average molecular weight is 631 g/mol. The predicted octanol–water partition coefficient (Wildman–Crippen LogP) is 3.08. The normalized spacial score (nSPS) is 21.0. The molecule has 0 saturated carbocycles. The van der Waals surface area contributed by atoms with E-state index in [9.17, 15) is 33.7 Å². The van der Waals surface area contributed by atoms with E-state index in [4.69, 9.17) is 20.2 Å². The number of benzene rings is 2. The number of nitrogens with zero attached hydrogens (tertiary/aromatic N) is 3. The highest BCUT2D eigenvalue weighted by Gasteiger charge is 2.42. The lowest BCUT2D eigenvalue weighted by molar-refractivity contribution is -0.263. The van der Waals surface area contributed by atoms with Crippen LogP contribution in [0.3, 0.4) is 0 Å². The number of aliphatic carboxylic acids is 1. The summed E-state index contributed by atoms with van der Waals surface area (Å²) >= 11 is 0. The van der Waals surface area contributed by atoms with Crippen molar-refractivity contribution in [3.05, 3.63) is 77.8 Å². The van der Waals surface area contributed by atoms with Gasteiger partial charge in [0.05, 0.1) is 17.8 Å². The summed E-state index contributed by atoms with van der Waals surface area (Å²) in [6, 6.07) is 11.9. The first-order chi connectivity index (χ1) is 21.3. The van der Waals surface area contributed by atoms with Crippen LogP contribution in [0.15, 0.2) is 54.7 Å². The fourth-order valence-corrected chi connectivity index (χ4v) is 5.45. The number of ether oxygens (including phenoxy) is 2. The summed E-state index contributed by atoms with van der Waals surface area (Å²) in [5.74, 6) is -2.81. The molecule has 2 heterocycles. The van der Waals surface area contributed by atoms with E-state index in [1.165, 1.54) is 0 Å². The Kier molecular flexibility index (Phi) is 11.0. The Hall–Kier alpha value is -3.75. The maximum Gasteiger partial charge on any atom is 0.335 e. The van der Waals surface area contributed by atoms with Gasteiger partial charge in [-0.3, -0.25) is 4.79 Å². The third kappa shape index (κ3) is 8.30. The van der Waals surface area contributed by atoms with Crippen LogP contribution in [-0.4, -0.2) is 85.9 Å². The first kappa shape index (κ1) is 34.1. The molecule has 3 aromatic rings. The van der Waals surface area contributed by atoms with Crippen LogP contribution in [0.4, 0.5) is 8.78 Å². The molecule has 13 heteroatoms. The van der Waals surface area contributed by atoms with Gasteiger partial charge in [-0.15, -0.1) is 0 Å². The van der Waals surface area contributed by atoms with Crippen LogP contribution < -0.4 is 5.73 Å². The van der Waals surface area contributed by atoms with Gasteiger partial charge >= 0.3 is 5.97 Å². The zero-order valence-corrected chi connectivity index (χ0v) is 25.5. The lowest BCUT2D eigenvalue weighted by Crippen LogP contribution is -2.52. The summed E-state index contributed by atoms with van der Waals surface area (Å²) in [5, 5.41) is 29.7. The molecule has 11 nitrogen and oxygen atoms in total. The molecule has 0 aliphatic carbocycles. The Labute approximate surface area is 260 Å². The number of hydrogen-bond donors (Lipinski definition) is 4. The number of aliphatic hydroxyl groups is 2. The van der Waals surface area contributed by atoms with Crippen molar-refractivity contribution >= 4 is 11.9 Å². The number of rotatable bonds is 12. The van der Waals surface area contributed by atoms with E-state index in [1.54, 1.807) is 15.7 Å². The number of hydrogen-bond acceptors (Lipinski definition) is 8. The largest absolute Gasteiger partial charge is 0.479 e. The van der Waals surface area contributed by atoms with Crippen LogP contribution in [0.25, 0.3) is 11.3 Å². The highest BCUT2D eigenvalue weighted by Crippen LogP contribution is 2.39. The molecule has 45 heavy (non-hydrogen) atoms. The lowest BCUT2D eigenvalue weighted by Gasteiger charge is -2.40. The lowest BCUT2D eigenvalue weighted by atomic mass is 9.84. The Morgan fingerprint density at radius 2 is 1.87 bits per heavy atom. The number of amides is 1. The molecule has 1 aliphatic rings. The van der Waals surface area contributed by atoms with Crippen LogP contribution in [0.2, 0.25) is 0 Å². The molecule has 2 aromatic carbocycles. The molecular weight excluding hydrogens is 590 g/mol. The van der Waals surface area contributed by atoms with Crippen molar-refractivity contribution in [1.29, 1.82) is 0 Å². The van der Waals surface area contributed by atoms with Gasteiger partial charge in [-0.1, -0.05) is 51.1 Å². The number of imidazole rings is 1. The van der Waals surface area contributed by atoms with E-state index in [2.05, 4.69) is 0 Å². The van der Waals surface area contributed by atoms with Crippen molar-refractivity contribution in [2.75, 3.05) is 19.7 Å². The van der Waals surface area contributed by atoms with Gasteiger partial charge in [0.1, 0.15) is 30.2 Å². The summed E-state index contributed by atoms with van der Waals surface area (Å²) in [7, 11) is 0. The van der Waals surface area contributed by atoms with Gasteiger partial charge < -0.3 is 40.0 Å². The maximum atomic E-state index is 14.9. The molecule has 5 unspecified atom stereocenters. The molecule has 1 amide bonds. The quantitative estimate of drug-likeness (QED) is 0.236. The monoisotopic (exact) mass is 630 g/mol. The summed E-state index contributed by atoms with van der Waals surface area (Å²) in [6.45, 7) is 5.93. The van der Waals surface area contributed by atoms with Crippen LogP contribution in [-0.2, 0) is 25.6 Å². The number of nitrogens with two attached hydrogens (primary N) is 1. The first-order valence-corrected chi connectivity index (χ1v) is 14.7. The minimum Gasteiger partial charge on any atom is -0.479 e. The second-order valence-electron chi connectivity index (χ2n) is 12.2. The van der Waals surface area contributed by atoms with E-state index >= 15 is 0 Å². The van der Waals surface area contributed by atoms with Crippen LogP contribution in [0.5, 0.6) is 0 Å². The zero-order valence-electron chi connectivity index (χ0n) is 25.5. The Morgan fingerprint density at radius 3 is 2.51 bits per heavy atom. The zero-order chi connectivity index (χ0) is 32.9. The second kappa shape index (κ2) is 14.6. The van der Waals surface area contributed by atoms with E-state index in [1.807, 2.05) is 51.1 Å². The summed E-state index contributed by atoms with van der Waals surface area (Å²) in [6.07, 6.45) is -4.17. The molecule has 244 valence electrons. The maximum absolute atomic E-state index is 14.9. The second-order valence-corrected chi connectivity index (χ2v) is 12.2. The van der Waals surface area contributed by atoms with Gasteiger partial charge in [0, 0.05) is 31.3 Å². The number of aliphatic hydroxyl groups excluding tert-OH is 2. The summed E-state index contributed by atoms with van der Waals surface area (Å²) in [5.41, 5.74) is 6.25. The molecule has 5 N–H and O–H groups in total. The SMILES string of the molecule is CC(C)(C)C(c1nc(-c2cc(F)ccc2F)cn1Cc1ccccc1)N(CCCN)C(=O)COC1OC(C(=O)O)C(O)CC1O. The van der Waals surface area contributed by atoms with E-state index < -0.39 is 66.2 Å². The van der Waals surface area contributed by atoms with Crippen molar-refractivity contribution in [3.63, 3.8) is 0 Å². The minimum absolute atomic E-state index is 0.0301. The summed E-state index contributed by atoms with van der Waals surface area (Å²) in [4.78, 5) is 31.7. The van der Waals surface area contributed by atoms with E-state index in [0.717, 1.165) is 23.8 Å². The molecule has 1 aliphatic heterocycles. The molecule has 4 rings (SSSR count). The fraction of sp³-hybridized carbons (Fsp3) is 0.469. The topological polar surface area (TPSA) is 160 Å². The Morgan fingerprint density at radius 1 is 1.16 bits per heavy atom. The Balaban J connectivity index is 1.73. The summed E-state index contributed by atoms with van der Waals surface area (Å²) < 4.78 is 41.8. The minimum atomic E-state index is -1.63. The van der Waals surface area contributed by atoms with Crippen molar-refractivity contribution in [2.45, 2.75) is 70.8 Å². The van der Waals surface area contributed by atoms with E-state index in [0.29, 0.717) is 18.8 Å². The van der Waals surface area contributed by atoms with Crippen molar-refractivity contribution < 1.29 is 43.2 Å². The Bertz CT molecular complexity index is 1460. The molecule has 1 fully saturated rings. The smallest absolute Gasteiger partial charge is 0.335 e. The van der Waals surface area contributed by atoms with Gasteiger partial charge in [0.15, 0.2) is 12.4 Å². The van der Waals surface area contributed by atoms with Gasteiger partial charge in [0.2, 0.25) is 5.91 Å².